The van der Waals surface area contributed by atoms with Crippen LogP contribution in [0.5, 0.6) is 5.75 Å². The van der Waals surface area contributed by atoms with Crippen LogP contribution >= 0.6 is 0 Å². The molecule has 6 heteroatoms. The van der Waals surface area contributed by atoms with Gasteiger partial charge in [-0.3, -0.25) is 0 Å². The van der Waals surface area contributed by atoms with Crippen LogP contribution < -0.4 is 0 Å². The number of nitrogens with zero attached hydrogens (tertiary/aromatic N) is 3. The minimum atomic E-state index is -0.454. The number of carbonyl (C=O) groups is 1. The number of phenols is 1. The average molecular weight is 365 g/mol. The molecule has 3 aromatic rings. The maximum atomic E-state index is 11.3. The fourth-order valence-electron chi connectivity index (χ4n) is 2.84. The van der Waals surface area contributed by atoms with Crippen molar-refractivity contribution in [2.75, 3.05) is 6.61 Å². The van der Waals surface area contributed by atoms with Gasteiger partial charge in [0.2, 0.25) is 0 Å². The molecule has 0 fully saturated rings. The van der Waals surface area contributed by atoms with Crippen molar-refractivity contribution in [1.82, 2.24) is 15.0 Å². The topological polar surface area (TPSA) is 77.2 Å². The second kappa shape index (κ2) is 7.23. The van der Waals surface area contributed by atoms with Gasteiger partial charge >= 0.3 is 5.97 Å². The number of phenolic OH excluding ortho intramolecular Hbond substituents is 1. The molecular weight excluding hydrogens is 342 g/mol. The molecule has 6 nitrogen and oxygen atoms in total. The smallest absolute Gasteiger partial charge is 0.330 e. The van der Waals surface area contributed by atoms with Gasteiger partial charge in [0.25, 0.3) is 0 Å². The number of rotatable bonds is 5. The van der Waals surface area contributed by atoms with Crippen LogP contribution in [0.25, 0.3) is 16.7 Å². The predicted molar refractivity (Wildman–Crippen MR) is 104 cm³/mol. The molecule has 27 heavy (non-hydrogen) atoms. The highest BCUT2D eigenvalue weighted by Gasteiger charge is 2.23. The molecule has 0 unspecified atom stereocenters. The van der Waals surface area contributed by atoms with Gasteiger partial charge in [-0.2, -0.15) is 0 Å². The lowest BCUT2D eigenvalue weighted by molar-refractivity contribution is -0.137. The van der Waals surface area contributed by atoms with Crippen molar-refractivity contribution in [1.29, 1.82) is 0 Å². The van der Waals surface area contributed by atoms with Gasteiger partial charge in [0.15, 0.2) is 0 Å². The number of aromatic hydroxyl groups is 1. The Labute approximate surface area is 158 Å². The van der Waals surface area contributed by atoms with Crippen molar-refractivity contribution in [2.24, 2.45) is 0 Å². The molecule has 0 bridgehead atoms. The monoisotopic (exact) mass is 365 g/mol. The van der Waals surface area contributed by atoms with Gasteiger partial charge in [-0.25, -0.2) is 4.79 Å². The third-order valence-corrected chi connectivity index (χ3v) is 4.26. The van der Waals surface area contributed by atoms with E-state index in [4.69, 9.17) is 4.74 Å². The minimum absolute atomic E-state index is 0.148. The van der Waals surface area contributed by atoms with Crippen LogP contribution in [0, 0.1) is 0 Å². The van der Waals surface area contributed by atoms with E-state index in [1.165, 1.54) is 4.80 Å². The van der Waals surface area contributed by atoms with Gasteiger partial charge < -0.3 is 9.84 Å². The highest BCUT2D eigenvalue weighted by atomic mass is 16.5. The van der Waals surface area contributed by atoms with Crippen LogP contribution in [0.15, 0.2) is 49.1 Å². The molecule has 0 saturated heterocycles. The Kier molecular flexibility index (Phi) is 4.99. The molecule has 0 aliphatic rings. The number of esters is 1. The lowest BCUT2D eigenvalue weighted by Gasteiger charge is -2.23. The Bertz CT molecular complexity index is 967. The second-order valence-electron chi connectivity index (χ2n) is 7.36. The lowest BCUT2D eigenvalue weighted by Crippen LogP contribution is -2.14. The van der Waals surface area contributed by atoms with Gasteiger partial charge in [-0.1, -0.05) is 45.5 Å². The summed E-state index contributed by atoms with van der Waals surface area (Å²) >= 11 is 0. The zero-order chi connectivity index (χ0) is 19.6. The predicted octanol–water partition coefficient (Wildman–Crippen LogP) is 3.70. The standard InChI is InChI=1S/C21H23N3O3/c1-5-19(25)27-11-10-14-12-15(21(2,3)4)20(26)18(13-14)24-22-16-8-6-7-9-17(16)23-24/h5-9,12-13,26H,1,10-11H2,2-4H3. The number of hydrogen-bond donors (Lipinski definition) is 1. The number of benzene rings is 2. The fourth-order valence-corrected chi connectivity index (χ4v) is 2.84. The first-order valence-electron chi connectivity index (χ1n) is 8.77. The van der Waals surface area contributed by atoms with E-state index < -0.39 is 5.97 Å². The Morgan fingerprint density at radius 3 is 2.41 bits per heavy atom. The van der Waals surface area contributed by atoms with E-state index >= 15 is 0 Å². The van der Waals surface area contributed by atoms with Crippen molar-refractivity contribution in [3.63, 3.8) is 0 Å². The Morgan fingerprint density at radius 1 is 1.22 bits per heavy atom. The van der Waals surface area contributed by atoms with E-state index in [-0.39, 0.29) is 17.8 Å². The molecule has 0 aliphatic carbocycles. The molecule has 0 atom stereocenters. The summed E-state index contributed by atoms with van der Waals surface area (Å²) in [6, 6.07) is 11.3. The van der Waals surface area contributed by atoms with Crippen molar-refractivity contribution in [2.45, 2.75) is 32.6 Å². The summed E-state index contributed by atoms with van der Waals surface area (Å²) in [5, 5.41) is 19.8. The van der Waals surface area contributed by atoms with Crippen LogP contribution in [-0.2, 0) is 21.4 Å². The minimum Gasteiger partial charge on any atom is -0.505 e. The molecule has 2 aromatic carbocycles. The van der Waals surface area contributed by atoms with Crippen molar-refractivity contribution in [3.8, 4) is 11.4 Å². The molecule has 1 N–H and O–H groups in total. The van der Waals surface area contributed by atoms with E-state index in [1.54, 1.807) is 0 Å². The van der Waals surface area contributed by atoms with Crippen LogP contribution in [0.3, 0.4) is 0 Å². The second-order valence-corrected chi connectivity index (χ2v) is 7.36. The summed E-state index contributed by atoms with van der Waals surface area (Å²) in [4.78, 5) is 12.7. The molecule has 0 saturated carbocycles. The van der Waals surface area contributed by atoms with Gasteiger partial charge in [0.1, 0.15) is 22.5 Å². The highest BCUT2D eigenvalue weighted by molar-refractivity contribution is 5.81. The summed E-state index contributed by atoms with van der Waals surface area (Å²) in [6.07, 6.45) is 1.65. The number of ether oxygens (including phenoxy) is 1. The van der Waals surface area contributed by atoms with E-state index in [0.29, 0.717) is 12.1 Å². The molecule has 0 spiro atoms. The average Bonchev–Trinajstić information content (AvgIpc) is 3.05. The summed E-state index contributed by atoms with van der Waals surface area (Å²) in [5.74, 6) is -0.306. The van der Waals surface area contributed by atoms with Gasteiger partial charge in [0, 0.05) is 18.1 Å². The quantitative estimate of drug-likeness (QED) is 0.551. The molecule has 0 radical (unpaired) electrons. The largest absolute Gasteiger partial charge is 0.505 e. The third kappa shape index (κ3) is 4.00. The van der Waals surface area contributed by atoms with Crippen LogP contribution in [0.1, 0.15) is 31.9 Å². The Hall–Kier alpha value is -3.15. The zero-order valence-electron chi connectivity index (χ0n) is 15.8. The van der Waals surface area contributed by atoms with E-state index in [1.807, 2.05) is 57.2 Å². The summed E-state index contributed by atoms with van der Waals surface area (Å²) in [7, 11) is 0. The first kappa shape index (κ1) is 18.6. The molecule has 1 heterocycles. The third-order valence-electron chi connectivity index (χ3n) is 4.26. The van der Waals surface area contributed by atoms with Crippen LogP contribution in [-0.4, -0.2) is 32.7 Å². The number of carbonyl (C=O) groups excluding carboxylic acids is 1. The van der Waals surface area contributed by atoms with Crippen molar-refractivity contribution in [3.05, 3.63) is 60.2 Å². The van der Waals surface area contributed by atoms with Crippen molar-refractivity contribution >= 4 is 17.0 Å². The Balaban J connectivity index is 2.04. The normalized spacial score (nSPS) is 11.5. The number of fused-ring (bicyclic) bond motifs is 1. The van der Waals surface area contributed by atoms with Gasteiger partial charge in [0.05, 0.1) is 6.61 Å². The summed E-state index contributed by atoms with van der Waals surface area (Å²) in [6.45, 7) is 9.71. The maximum Gasteiger partial charge on any atom is 0.330 e. The fraction of sp³-hybridized carbons (Fsp3) is 0.286. The van der Waals surface area contributed by atoms with E-state index in [0.717, 1.165) is 28.2 Å². The number of hydrogen-bond acceptors (Lipinski definition) is 5. The molecule has 140 valence electrons. The SMILES string of the molecule is C=CC(=O)OCCc1cc(-n2nc3ccccc3n2)c(O)c(C(C)(C)C)c1. The molecule has 1 aromatic heterocycles. The lowest BCUT2D eigenvalue weighted by atomic mass is 9.84. The van der Waals surface area contributed by atoms with Crippen LogP contribution in [0.2, 0.25) is 0 Å². The molecular formula is C21H23N3O3. The summed E-state index contributed by atoms with van der Waals surface area (Å²) in [5.41, 5.74) is 3.43. The first-order chi connectivity index (χ1) is 12.8. The molecule has 0 amide bonds. The van der Waals surface area contributed by atoms with Gasteiger partial charge in [-0.05, 0) is 29.2 Å². The first-order valence-corrected chi connectivity index (χ1v) is 8.77. The van der Waals surface area contributed by atoms with E-state index in [2.05, 4.69) is 16.8 Å². The zero-order valence-corrected chi connectivity index (χ0v) is 15.8. The maximum absolute atomic E-state index is 11.3. The van der Waals surface area contributed by atoms with Gasteiger partial charge in [-0.15, -0.1) is 15.0 Å². The Morgan fingerprint density at radius 2 is 1.85 bits per heavy atom. The van der Waals surface area contributed by atoms with Crippen molar-refractivity contribution < 1.29 is 14.6 Å². The highest BCUT2D eigenvalue weighted by Crippen LogP contribution is 2.36. The number of aromatic nitrogens is 3. The molecule has 3 rings (SSSR count). The molecule has 0 aliphatic heterocycles. The van der Waals surface area contributed by atoms with E-state index in [9.17, 15) is 9.90 Å². The summed E-state index contributed by atoms with van der Waals surface area (Å²) < 4.78 is 5.09. The van der Waals surface area contributed by atoms with Crippen LogP contribution in [0.4, 0.5) is 0 Å².